The first kappa shape index (κ1) is 19.2. The van der Waals surface area contributed by atoms with Crippen LogP contribution in [0.1, 0.15) is 39.3 Å². The Labute approximate surface area is 138 Å². The van der Waals surface area contributed by atoms with Crippen molar-refractivity contribution in [2.75, 3.05) is 0 Å². The maximum atomic E-state index is 10.9. The zero-order valence-electron chi connectivity index (χ0n) is 14.1. The summed E-state index contributed by atoms with van der Waals surface area (Å²) in [5.74, 6) is -0.0398. The van der Waals surface area contributed by atoms with Crippen molar-refractivity contribution < 1.29 is 14.3 Å². The number of carboxylic acids is 1. The summed E-state index contributed by atoms with van der Waals surface area (Å²) in [6.07, 6.45) is 2.44. The highest BCUT2D eigenvalue weighted by atomic mass is 32.2. The largest absolute Gasteiger partial charge is 0.481 e. The number of carbonyl (C=O) groups is 1. The lowest BCUT2D eigenvalue weighted by atomic mass is 10.2. The van der Waals surface area contributed by atoms with Gasteiger partial charge in [-0.2, -0.15) is 0 Å². The zero-order chi connectivity index (χ0) is 16.8. The van der Waals surface area contributed by atoms with Crippen molar-refractivity contribution in [2.24, 2.45) is 0 Å². The maximum absolute atomic E-state index is 10.9. The van der Waals surface area contributed by atoms with Crippen LogP contribution < -0.4 is 0 Å². The molecule has 0 radical (unpaired) electrons. The first-order chi connectivity index (χ1) is 10.1. The number of nitrogens with zero attached hydrogens (tertiary/aromatic N) is 1. The fourth-order valence-corrected chi connectivity index (χ4v) is 4.52. The van der Waals surface area contributed by atoms with Crippen molar-refractivity contribution in [2.45, 2.75) is 62.9 Å². The van der Waals surface area contributed by atoms with Crippen LogP contribution in [0.2, 0.25) is 18.1 Å². The number of rotatable bonds is 8. The van der Waals surface area contributed by atoms with Crippen LogP contribution in [0.4, 0.5) is 0 Å². The minimum absolute atomic E-state index is 0.0982. The van der Waals surface area contributed by atoms with Gasteiger partial charge in [-0.15, -0.1) is 11.8 Å². The van der Waals surface area contributed by atoms with Gasteiger partial charge in [-0.1, -0.05) is 26.8 Å². The van der Waals surface area contributed by atoms with Crippen LogP contribution in [0, 0.1) is 0 Å². The third kappa shape index (κ3) is 6.50. The summed E-state index contributed by atoms with van der Waals surface area (Å²) in [6.45, 7) is 11.0. The van der Waals surface area contributed by atoms with Gasteiger partial charge >= 0.3 is 5.97 Å². The minimum Gasteiger partial charge on any atom is -0.481 e. The summed E-state index contributed by atoms with van der Waals surface area (Å²) in [5, 5.41) is 9.05. The molecular formula is C16H27NO3SSi. The molecule has 0 aliphatic rings. The molecule has 1 N–H and O–H groups in total. The summed E-state index contributed by atoms with van der Waals surface area (Å²) in [6, 6.07) is 5.83. The molecule has 0 saturated carbocycles. The van der Waals surface area contributed by atoms with Crippen molar-refractivity contribution in [3.8, 4) is 0 Å². The lowest BCUT2D eigenvalue weighted by Gasteiger charge is -2.39. The Morgan fingerprint density at radius 3 is 2.59 bits per heavy atom. The van der Waals surface area contributed by atoms with Crippen LogP contribution in [0.15, 0.2) is 24.4 Å². The number of hydrogen-bond acceptors (Lipinski definition) is 4. The Morgan fingerprint density at radius 1 is 1.41 bits per heavy atom. The molecular weight excluding hydrogens is 314 g/mol. The van der Waals surface area contributed by atoms with Crippen LogP contribution in [0.5, 0.6) is 0 Å². The molecule has 0 saturated heterocycles. The average molecular weight is 342 g/mol. The molecule has 0 spiro atoms. The molecule has 6 heteroatoms. The van der Waals surface area contributed by atoms with E-state index in [0.717, 1.165) is 11.4 Å². The van der Waals surface area contributed by atoms with Crippen molar-refractivity contribution in [3.05, 3.63) is 30.1 Å². The molecule has 0 bridgehead atoms. The molecule has 0 fully saturated rings. The highest BCUT2D eigenvalue weighted by molar-refractivity contribution is 7.99. The molecule has 0 aromatic carbocycles. The Kier molecular flexibility index (Phi) is 7.09. The number of pyridine rings is 1. The summed E-state index contributed by atoms with van der Waals surface area (Å²) in [5.41, 5.74) is 0.894. The van der Waals surface area contributed by atoms with Crippen molar-refractivity contribution in [3.63, 3.8) is 0 Å². The molecule has 0 amide bonds. The van der Waals surface area contributed by atoms with E-state index in [0.29, 0.717) is 6.42 Å². The Hall–Kier alpha value is -0.853. The molecule has 4 nitrogen and oxygen atoms in total. The maximum Gasteiger partial charge on any atom is 0.303 e. The quantitative estimate of drug-likeness (QED) is 0.556. The monoisotopic (exact) mass is 341 g/mol. The fourth-order valence-electron chi connectivity index (χ4n) is 1.58. The van der Waals surface area contributed by atoms with Gasteiger partial charge in [0.15, 0.2) is 8.32 Å². The van der Waals surface area contributed by atoms with E-state index in [2.05, 4.69) is 38.8 Å². The number of aromatic nitrogens is 1. The van der Waals surface area contributed by atoms with Crippen LogP contribution >= 0.6 is 11.8 Å². The highest BCUT2D eigenvalue weighted by Crippen LogP contribution is 2.39. The number of aliphatic carboxylic acids is 1. The molecule has 0 aliphatic carbocycles. The van der Waals surface area contributed by atoms with Crippen LogP contribution in [-0.2, 0) is 15.0 Å². The number of carboxylic acid groups (broad SMARTS) is 1. The Bertz CT molecular complexity index is 474. The summed E-state index contributed by atoms with van der Waals surface area (Å²) in [4.78, 5) is 15.2. The first-order valence-electron chi connectivity index (χ1n) is 7.53. The molecule has 1 aromatic heterocycles. The highest BCUT2D eigenvalue weighted by Gasteiger charge is 2.39. The van der Waals surface area contributed by atoms with Gasteiger partial charge in [-0.25, -0.2) is 0 Å². The molecule has 0 aliphatic heterocycles. The van der Waals surface area contributed by atoms with E-state index in [1.54, 1.807) is 18.0 Å². The zero-order valence-corrected chi connectivity index (χ0v) is 15.9. The Morgan fingerprint density at radius 2 is 2.09 bits per heavy atom. The third-order valence-corrected chi connectivity index (χ3v) is 9.79. The van der Waals surface area contributed by atoms with Gasteiger partial charge in [-0.05, 0) is 36.7 Å². The number of thioether (sulfide) groups is 1. The van der Waals surface area contributed by atoms with Crippen LogP contribution in [0.25, 0.3) is 0 Å². The Balaban J connectivity index is 2.69. The van der Waals surface area contributed by atoms with E-state index in [-0.39, 0.29) is 16.9 Å². The van der Waals surface area contributed by atoms with E-state index in [1.807, 2.05) is 18.2 Å². The topological polar surface area (TPSA) is 59.4 Å². The lowest BCUT2D eigenvalue weighted by molar-refractivity contribution is -0.137. The number of hydrogen-bond donors (Lipinski definition) is 1. The van der Waals surface area contributed by atoms with Gasteiger partial charge < -0.3 is 9.53 Å². The van der Waals surface area contributed by atoms with Gasteiger partial charge in [0.25, 0.3) is 0 Å². The first-order valence-corrected chi connectivity index (χ1v) is 11.5. The van der Waals surface area contributed by atoms with E-state index >= 15 is 0 Å². The summed E-state index contributed by atoms with van der Waals surface area (Å²) in [7, 11) is -1.91. The van der Waals surface area contributed by atoms with Crippen molar-refractivity contribution in [1.29, 1.82) is 0 Å². The van der Waals surface area contributed by atoms with E-state index < -0.39 is 14.3 Å². The fraction of sp³-hybridized carbons (Fsp3) is 0.625. The molecule has 22 heavy (non-hydrogen) atoms. The van der Waals surface area contributed by atoms with Gasteiger partial charge in [0.2, 0.25) is 0 Å². The second-order valence-electron chi connectivity index (χ2n) is 6.87. The summed E-state index contributed by atoms with van der Waals surface area (Å²) < 4.78 is 6.39. The normalized spacial score (nSPS) is 13.9. The SMILES string of the molecule is CC(C)(C)[Si](C)(C)OC(CCC(=O)O)SCc1ccccn1. The van der Waals surface area contributed by atoms with Crippen LogP contribution in [0.3, 0.4) is 0 Å². The molecule has 1 aromatic rings. The smallest absolute Gasteiger partial charge is 0.303 e. The molecule has 124 valence electrons. The van der Waals surface area contributed by atoms with Crippen molar-refractivity contribution in [1.82, 2.24) is 4.98 Å². The van der Waals surface area contributed by atoms with Gasteiger partial charge in [0.05, 0.1) is 11.1 Å². The van der Waals surface area contributed by atoms with E-state index in [4.69, 9.17) is 9.53 Å². The van der Waals surface area contributed by atoms with E-state index in [1.165, 1.54) is 0 Å². The molecule has 1 rings (SSSR count). The summed E-state index contributed by atoms with van der Waals surface area (Å²) >= 11 is 1.65. The second kappa shape index (κ2) is 8.13. The third-order valence-electron chi connectivity index (χ3n) is 3.97. The van der Waals surface area contributed by atoms with E-state index in [9.17, 15) is 4.79 Å². The van der Waals surface area contributed by atoms with Gasteiger partial charge in [0.1, 0.15) is 0 Å². The predicted molar refractivity (Wildman–Crippen MR) is 94.5 cm³/mol. The molecule has 1 heterocycles. The minimum atomic E-state index is -1.91. The standard InChI is InChI=1S/C16H27NO3SSi/c1-16(2,3)22(4,5)20-15(10-9-14(18)19)21-12-13-8-6-7-11-17-13/h6-8,11,15H,9-10,12H2,1-5H3,(H,18,19). The average Bonchev–Trinajstić information content (AvgIpc) is 2.41. The van der Waals surface area contributed by atoms with Crippen LogP contribution in [-0.4, -0.2) is 29.8 Å². The lowest BCUT2D eigenvalue weighted by Crippen LogP contribution is -2.43. The second-order valence-corrected chi connectivity index (χ2v) is 12.8. The van der Waals surface area contributed by atoms with Gasteiger partial charge in [0, 0.05) is 18.4 Å². The molecule has 1 unspecified atom stereocenters. The van der Waals surface area contributed by atoms with Crippen molar-refractivity contribution >= 4 is 26.0 Å². The molecule has 1 atom stereocenters. The predicted octanol–water partition coefficient (Wildman–Crippen LogP) is 4.53. The van der Waals surface area contributed by atoms with Gasteiger partial charge in [-0.3, -0.25) is 9.78 Å².